The zero-order valence-corrected chi connectivity index (χ0v) is 36.6. The van der Waals surface area contributed by atoms with Crippen LogP contribution >= 0.6 is 70.1 Å². The van der Waals surface area contributed by atoms with Crippen LogP contribution in [-0.2, 0) is 36.5 Å². The molecule has 0 spiro atoms. The van der Waals surface area contributed by atoms with Gasteiger partial charge in [-0.05, 0) is 72.4 Å². The predicted molar refractivity (Wildman–Crippen MR) is 239 cm³/mol. The second-order valence-electron chi connectivity index (χ2n) is 13.0. The van der Waals surface area contributed by atoms with Crippen LogP contribution in [0.4, 0.5) is 17.8 Å². The highest BCUT2D eigenvalue weighted by atomic mass is 35.5. The third kappa shape index (κ3) is 15.0. The van der Waals surface area contributed by atoms with Crippen molar-refractivity contribution in [2.75, 3.05) is 29.5 Å². The lowest BCUT2D eigenvalue weighted by Gasteiger charge is -2.11. The van der Waals surface area contributed by atoms with Crippen LogP contribution in [0, 0.1) is 0 Å². The molecule has 3 heterocycles. The lowest BCUT2D eigenvalue weighted by atomic mass is 10.2. The first kappa shape index (κ1) is 43.6. The SMILES string of the molecule is CCCCc1nc(NCCCc2nc(NCCCc3nc(N)nc(SCc4ccc(Cl)cc4)n3)nc(SCc3ccc(Cl)cc3)n2)nc(SCc2ccc(Cl)cc2)n1. The number of thioether (sulfide) groups is 3. The Morgan fingerprint density at radius 1 is 0.466 bits per heavy atom. The Bertz CT molecular complexity index is 2200. The molecule has 0 aliphatic heterocycles. The molecule has 0 atom stereocenters. The molecule has 4 N–H and O–H groups in total. The number of hydrogen-bond acceptors (Lipinski definition) is 15. The quantitative estimate of drug-likeness (QED) is 0.0435. The van der Waals surface area contributed by atoms with E-state index in [9.17, 15) is 0 Å². The van der Waals surface area contributed by atoms with Crippen LogP contribution in [0.2, 0.25) is 15.1 Å². The van der Waals surface area contributed by atoms with Gasteiger partial charge in [0.15, 0.2) is 15.5 Å². The van der Waals surface area contributed by atoms with Crippen LogP contribution in [0.3, 0.4) is 0 Å². The Labute approximate surface area is 366 Å². The summed E-state index contributed by atoms with van der Waals surface area (Å²) in [5, 5.41) is 10.8. The van der Waals surface area contributed by atoms with Gasteiger partial charge in [0.25, 0.3) is 0 Å². The number of hydrogen-bond donors (Lipinski definition) is 3. The van der Waals surface area contributed by atoms with Gasteiger partial charge in [-0.25, -0.2) is 15.0 Å². The Balaban J connectivity index is 1.05. The fourth-order valence-electron chi connectivity index (χ4n) is 5.31. The Morgan fingerprint density at radius 2 is 0.828 bits per heavy atom. The van der Waals surface area contributed by atoms with Crippen molar-refractivity contribution in [2.24, 2.45) is 0 Å². The molecule has 6 aromatic rings. The predicted octanol–water partition coefficient (Wildman–Crippen LogP) is 10.1. The molecule has 0 saturated heterocycles. The van der Waals surface area contributed by atoms with E-state index in [1.54, 1.807) is 23.5 Å². The second-order valence-corrected chi connectivity index (χ2v) is 17.2. The molecule has 0 fully saturated rings. The largest absolute Gasteiger partial charge is 0.368 e. The Hall–Kier alpha value is -3.99. The number of nitrogen functional groups attached to an aromatic ring is 1. The Kier molecular flexibility index (Phi) is 17.3. The van der Waals surface area contributed by atoms with Crippen molar-refractivity contribution in [3.63, 3.8) is 0 Å². The maximum absolute atomic E-state index is 6.11. The van der Waals surface area contributed by atoms with E-state index in [1.165, 1.54) is 11.8 Å². The molecule has 0 aliphatic carbocycles. The van der Waals surface area contributed by atoms with Gasteiger partial charge in [0.1, 0.15) is 17.5 Å². The van der Waals surface area contributed by atoms with Crippen molar-refractivity contribution in [3.8, 4) is 0 Å². The van der Waals surface area contributed by atoms with Crippen LogP contribution < -0.4 is 16.4 Å². The molecule has 18 heteroatoms. The van der Waals surface area contributed by atoms with Gasteiger partial charge in [-0.3, -0.25) is 0 Å². The lowest BCUT2D eigenvalue weighted by molar-refractivity contribution is 0.714. The summed E-state index contributed by atoms with van der Waals surface area (Å²) in [6.45, 7) is 3.40. The van der Waals surface area contributed by atoms with Crippen molar-refractivity contribution in [3.05, 3.63) is 122 Å². The summed E-state index contributed by atoms with van der Waals surface area (Å²) >= 11 is 22.9. The number of nitrogens with zero attached hydrogens (tertiary/aromatic N) is 9. The van der Waals surface area contributed by atoms with Crippen LogP contribution in [0.25, 0.3) is 0 Å². The van der Waals surface area contributed by atoms with Crippen LogP contribution in [0.5, 0.6) is 0 Å². The lowest BCUT2D eigenvalue weighted by Crippen LogP contribution is -2.13. The second kappa shape index (κ2) is 23.0. The smallest absolute Gasteiger partial charge is 0.226 e. The summed E-state index contributed by atoms with van der Waals surface area (Å²) in [6, 6.07) is 23.3. The summed E-state index contributed by atoms with van der Waals surface area (Å²) < 4.78 is 0. The summed E-state index contributed by atoms with van der Waals surface area (Å²) in [7, 11) is 0. The third-order valence-electron chi connectivity index (χ3n) is 8.32. The summed E-state index contributed by atoms with van der Waals surface area (Å²) in [4.78, 5) is 41.8. The maximum atomic E-state index is 6.11. The number of aryl methyl sites for hydroxylation is 3. The van der Waals surface area contributed by atoms with Crippen LogP contribution in [0.1, 0.15) is 66.8 Å². The minimum Gasteiger partial charge on any atom is -0.368 e. The van der Waals surface area contributed by atoms with E-state index in [1.807, 2.05) is 72.8 Å². The third-order valence-corrected chi connectivity index (χ3v) is 11.8. The first-order valence-corrected chi connectivity index (χ1v) is 22.9. The first-order valence-electron chi connectivity index (χ1n) is 18.9. The number of nitrogens with two attached hydrogens (primary N) is 1. The molecule has 6 rings (SSSR count). The van der Waals surface area contributed by atoms with E-state index in [0.29, 0.717) is 86.5 Å². The van der Waals surface area contributed by atoms with Gasteiger partial charge >= 0.3 is 0 Å². The number of rotatable bonds is 22. The van der Waals surface area contributed by atoms with E-state index in [4.69, 9.17) is 70.4 Å². The summed E-state index contributed by atoms with van der Waals surface area (Å²) in [5.41, 5.74) is 9.43. The van der Waals surface area contributed by atoms with Crippen molar-refractivity contribution in [2.45, 2.75) is 84.6 Å². The van der Waals surface area contributed by atoms with Gasteiger partial charge in [-0.1, -0.05) is 120 Å². The standard InChI is InChI=1S/C40H43Cl3N12S3/c1-2-3-6-33-48-36(54-39(51-33)57-24-27-11-17-30(42)18-12-27)46-22-5-8-34-49-37(55-40(52-34)58-25-28-13-19-31(43)20-14-28)45-21-4-7-32-47-35(44)53-38(50-32)56-23-26-9-15-29(41)16-10-26/h9-20H,2-8,21-25H2,1H3,(H2,44,47,50,53)(H,45,49,52,55)(H,46,48,51,54). The average molecular weight is 894 g/mol. The fourth-order valence-corrected chi connectivity index (χ4v) is 8.13. The van der Waals surface area contributed by atoms with E-state index in [0.717, 1.165) is 65.4 Å². The molecular formula is C40H43Cl3N12S3. The van der Waals surface area contributed by atoms with E-state index >= 15 is 0 Å². The van der Waals surface area contributed by atoms with Crippen molar-refractivity contribution < 1.29 is 0 Å². The van der Waals surface area contributed by atoms with Gasteiger partial charge in [-0.2, -0.15) is 29.9 Å². The molecule has 0 radical (unpaired) electrons. The summed E-state index contributed by atoms with van der Waals surface area (Å²) in [6.07, 6.45) is 5.60. The average Bonchev–Trinajstić information content (AvgIpc) is 3.22. The van der Waals surface area contributed by atoms with Crippen LogP contribution in [0.15, 0.2) is 88.3 Å². The van der Waals surface area contributed by atoms with E-state index in [-0.39, 0.29) is 5.95 Å². The highest BCUT2D eigenvalue weighted by Crippen LogP contribution is 2.25. The van der Waals surface area contributed by atoms with E-state index in [2.05, 4.69) is 32.5 Å². The number of halogens is 3. The van der Waals surface area contributed by atoms with Gasteiger partial charge in [0.05, 0.1) is 0 Å². The van der Waals surface area contributed by atoms with Gasteiger partial charge < -0.3 is 16.4 Å². The number of nitrogens with one attached hydrogen (secondary N) is 2. The van der Waals surface area contributed by atoms with Crippen molar-refractivity contribution >= 4 is 87.9 Å². The minimum atomic E-state index is 0.205. The van der Waals surface area contributed by atoms with Gasteiger partial charge in [0, 0.05) is 64.7 Å². The molecule has 0 unspecified atom stereocenters. The topological polar surface area (TPSA) is 166 Å². The zero-order chi connectivity index (χ0) is 40.5. The maximum Gasteiger partial charge on any atom is 0.226 e. The molecule has 0 aliphatic rings. The number of benzene rings is 3. The normalized spacial score (nSPS) is 11.2. The first-order chi connectivity index (χ1) is 28.3. The fraction of sp³-hybridized carbons (Fsp3) is 0.325. The molecule has 12 nitrogen and oxygen atoms in total. The van der Waals surface area contributed by atoms with Gasteiger partial charge in [-0.15, -0.1) is 0 Å². The van der Waals surface area contributed by atoms with Gasteiger partial charge in [0.2, 0.25) is 17.8 Å². The molecule has 302 valence electrons. The van der Waals surface area contributed by atoms with Crippen LogP contribution in [-0.4, -0.2) is 57.9 Å². The minimum absolute atomic E-state index is 0.205. The van der Waals surface area contributed by atoms with E-state index < -0.39 is 0 Å². The molecule has 0 amide bonds. The number of unbranched alkanes of at least 4 members (excludes halogenated alkanes) is 1. The van der Waals surface area contributed by atoms with Crippen molar-refractivity contribution in [1.29, 1.82) is 0 Å². The number of aromatic nitrogens is 9. The molecule has 3 aromatic heterocycles. The monoisotopic (exact) mass is 892 g/mol. The Morgan fingerprint density at radius 3 is 1.22 bits per heavy atom. The highest BCUT2D eigenvalue weighted by molar-refractivity contribution is 7.98. The van der Waals surface area contributed by atoms with Crippen molar-refractivity contribution in [1.82, 2.24) is 44.9 Å². The molecule has 58 heavy (non-hydrogen) atoms. The molecule has 0 saturated carbocycles. The summed E-state index contributed by atoms with van der Waals surface area (Å²) in [5.74, 6) is 5.55. The zero-order valence-electron chi connectivity index (χ0n) is 31.9. The molecule has 0 bridgehead atoms. The molecule has 3 aromatic carbocycles. The number of anilines is 3. The molecular weight excluding hydrogens is 851 g/mol. The highest BCUT2D eigenvalue weighted by Gasteiger charge is 2.12.